The number of rotatable bonds is 2. The molecular weight excluding hydrogens is 302 g/mol. The molecule has 1 aliphatic rings. The highest BCUT2D eigenvalue weighted by molar-refractivity contribution is 6.05. The summed E-state index contributed by atoms with van der Waals surface area (Å²) in [6.07, 6.45) is 0. The molecule has 120 valence electrons. The number of hydrogen-bond donors (Lipinski definition) is 1. The minimum Gasteiger partial charge on any atom is -0.359 e. The Morgan fingerprint density at radius 3 is 2.38 bits per heavy atom. The van der Waals surface area contributed by atoms with Gasteiger partial charge in [-0.2, -0.15) is 0 Å². The molecule has 0 amide bonds. The predicted molar refractivity (Wildman–Crippen MR) is 96.4 cm³/mol. The molecule has 0 aromatic heterocycles. The van der Waals surface area contributed by atoms with Gasteiger partial charge in [-0.05, 0) is 42.1 Å². The van der Waals surface area contributed by atoms with E-state index < -0.39 is 5.66 Å². The van der Waals surface area contributed by atoms with Crippen molar-refractivity contribution >= 4 is 27.8 Å². The summed E-state index contributed by atoms with van der Waals surface area (Å²) in [4.78, 5) is 12.7. The first kappa shape index (κ1) is 14.5. The number of nitrogens with zero attached hydrogens (tertiary/aromatic N) is 2. The molecule has 5 nitrogen and oxygen atoms in total. The lowest BCUT2D eigenvalue weighted by Gasteiger charge is -2.46. The minimum absolute atomic E-state index is 0.100. The topological polar surface area (TPSA) is 58.4 Å². The van der Waals surface area contributed by atoms with E-state index in [1.807, 2.05) is 25.2 Å². The van der Waals surface area contributed by atoms with E-state index in [9.17, 15) is 10.1 Å². The van der Waals surface area contributed by atoms with E-state index in [-0.39, 0.29) is 10.6 Å². The van der Waals surface area contributed by atoms with Gasteiger partial charge in [0.25, 0.3) is 5.69 Å². The Bertz CT molecular complexity index is 947. The lowest BCUT2D eigenvalue weighted by atomic mass is 9.93. The molecule has 4 rings (SSSR count). The smallest absolute Gasteiger partial charge is 0.269 e. The average molecular weight is 319 g/mol. The van der Waals surface area contributed by atoms with Crippen molar-refractivity contribution in [3.05, 3.63) is 76.3 Å². The van der Waals surface area contributed by atoms with Crippen LogP contribution in [0.25, 0.3) is 10.8 Å². The zero-order valence-electron chi connectivity index (χ0n) is 13.5. The number of anilines is 2. The standard InChI is InChI=1S/C19H17N3O2/c1-19(14-9-11-15(12-10-14)22(23)24)20-16-7-3-5-13-6-4-8-17(18(13)16)21(19)2/h3-12,20H,1-2H3. The normalized spacial score (nSPS) is 19.2. The average Bonchev–Trinajstić information content (AvgIpc) is 2.60. The van der Waals surface area contributed by atoms with Crippen molar-refractivity contribution in [2.75, 3.05) is 17.3 Å². The second kappa shape index (κ2) is 4.96. The van der Waals surface area contributed by atoms with Crippen molar-refractivity contribution < 1.29 is 4.92 Å². The van der Waals surface area contributed by atoms with Gasteiger partial charge in [0.05, 0.1) is 4.92 Å². The summed E-state index contributed by atoms with van der Waals surface area (Å²) in [6.45, 7) is 2.09. The van der Waals surface area contributed by atoms with Crippen LogP contribution in [0.2, 0.25) is 0 Å². The molecule has 5 heteroatoms. The molecule has 0 aliphatic carbocycles. The molecular formula is C19H17N3O2. The van der Waals surface area contributed by atoms with E-state index in [1.165, 1.54) is 10.8 Å². The van der Waals surface area contributed by atoms with Crippen LogP contribution in [0, 0.1) is 10.1 Å². The summed E-state index contributed by atoms with van der Waals surface area (Å²) in [5, 5.41) is 16.9. The molecule has 0 bridgehead atoms. The Hall–Kier alpha value is -3.08. The van der Waals surface area contributed by atoms with E-state index in [2.05, 4.69) is 47.5 Å². The van der Waals surface area contributed by atoms with Crippen molar-refractivity contribution in [3.8, 4) is 0 Å². The summed E-state index contributed by atoms with van der Waals surface area (Å²) in [5.41, 5.74) is 2.80. The summed E-state index contributed by atoms with van der Waals surface area (Å²) < 4.78 is 0. The van der Waals surface area contributed by atoms with Crippen molar-refractivity contribution in [3.63, 3.8) is 0 Å². The van der Waals surface area contributed by atoms with E-state index in [0.717, 1.165) is 16.9 Å². The Balaban J connectivity index is 1.86. The molecule has 0 fully saturated rings. The van der Waals surface area contributed by atoms with Crippen LogP contribution in [0.5, 0.6) is 0 Å². The minimum atomic E-state index is -0.488. The maximum Gasteiger partial charge on any atom is 0.269 e. The SMILES string of the molecule is CN1c2cccc3cccc(c23)NC1(C)c1ccc([N+](=O)[O-])cc1. The highest BCUT2D eigenvalue weighted by Crippen LogP contribution is 2.44. The van der Waals surface area contributed by atoms with E-state index in [0.29, 0.717) is 0 Å². The number of benzene rings is 3. The number of hydrogen-bond acceptors (Lipinski definition) is 4. The lowest BCUT2D eigenvalue weighted by molar-refractivity contribution is -0.384. The van der Waals surface area contributed by atoms with Crippen molar-refractivity contribution in [2.24, 2.45) is 0 Å². The zero-order valence-corrected chi connectivity index (χ0v) is 13.5. The van der Waals surface area contributed by atoms with Crippen LogP contribution in [0.1, 0.15) is 12.5 Å². The molecule has 0 radical (unpaired) electrons. The van der Waals surface area contributed by atoms with Crippen LogP contribution >= 0.6 is 0 Å². The van der Waals surface area contributed by atoms with E-state index in [1.54, 1.807) is 12.1 Å². The van der Waals surface area contributed by atoms with Crippen molar-refractivity contribution in [1.29, 1.82) is 0 Å². The van der Waals surface area contributed by atoms with Gasteiger partial charge < -0.3 is 10.2 Å². The molecule has 1 aliphatic heterocycles. The molecule has 0 saturated carbocycles. The number of nitro groups is 1. The van der Waals surface area contributed by atoms with Crippen molar-refractivity contribution in [2.45, 2.75) is 12.6 Å². The molecule has 0 saturated heterocycles. The van der Waals surface area contributed by atoms with Crippen LogP contribution in [-0.4, -0.2) is 12.0 Å². The highest BCUT2D eigenvalue weighted by Gasteiger charge is 2.36. The van der Waals surface area contributed by atoms with Crippen LogP contribution < -0.4 is 10.2 Å². The van der Waals surface area contributed by atoms with Crippen LogP contribution in [-0.2, 0) is 5.66 Å². The summed E-state index contributed by atoms with van der Waals surface area (Å²) in [5.74, 6) is 0. The van der Waals surface area contributed by atoms with Crippen molar-refractivity contribution in [1.82, 2.24) is 0 Å². The predicted octanol–water partition coefficient (Wildman–Crippen LogP) is 4.48. The fourth-order valence-electron chi connectivity index (χ4n) is 3.47. The van der Waals surface area contributed by atoms with Gasteiger partial charge in [0, 0.05) is 35.9 Å². The maximum absolute atomic E-state index is 10.9. The second-order valence-corrected chi connectivity index (χ2v) is 6.24. The van der Waals surface area contributed by atoms with Gasteiger partial charge in [-0.25, -0.2) is 0 Å². The van der Waals surface area contributed by atoms with Gasteiger partial charge in [0.15, 0.2) is 0 Å². The molecule has 1 atom stereocenters. The molecule has 1 N–H and O–H groups in total. The fraction of sp³-hybridized carbons (Fsp3) is 0.158. The molecule has 3 aromatic carbocycles. The fourth-order valence-corrected chi connectivity index (χ4v) is 3.47. The maximum atomic E-state index is 10.9. The third-order valence-corrected chi connectivity index (χ3v) is 4.93. The van der Waals surface area contributed by atoms with Crippen LogP contribution in [0.4, 0.5) is 17.1 Å². The van der Waals surface area contributed by atoms with Gasteiger partial charge in [-0.15, -0.1) is 0 Å². The summed E-state index contributed by atoms with van der Waals surface area (Å²) in [7, 11) is 2.04. The summed E-state index contributed by atoms with van der Waals surface area (Å²) >= 11 is 0. The summed E-state index contributed by atoms with van der Waals surface area (Å²) in [6, 6.07) is 19.2. The molecule has 0 spiro atoms. The Kier molecular flexibility index (Phi) is 3.00. The first-order chi connectivity index (χ1) is 11.5. The number of nitrogens with one attached hydrogen (secondary N) is 1. The van der Waals surface area contributed by atoms with Gasteiger partial charge in [0.1, 0.15) is 5.66 Å². The van der Waals surface area contributed by atoms with Crippen LogP contribution in [0.15, 0.2) is 60.7 Å². The van der Waals surface area contributed by atoms with Gasteiger partial charge in [-0.1, -0.05) is 24.3 Å². The molecule has 3 aromatic rings. The van der Waals surface area contributed by atoms with Gasteiger partial charge in [-0.3, -0.25) is 10.1 Å². The van der Waals surface area contributed by atoms with Crippen LogP contribution in [0.3, 0.4) is 0 Å². The Labute approximate surface area is 139 Å². The molecule has 1 unspecified atom stereocenters. The second-order valence-electron chi connectivity index (χ2n) is 6.24. The number of nitro benzene ring substituents is 1. The van der Waals surface area contributed by atoms with E-state index >= 15 is 0 Å². The third kappa shape index (κ3) is 1.94. The highest BCUT2D eigenvalue weighted by atomic mass is 16.6. The largest absolute Gasteiger partial charge is 0.359 e. The van der Waals surface area contributed by atoms with Gasteiger partial charge in [0.2, 0.25) is 0 Å². The molecule has 1 heterocycles. The Morgan fingerprint density at radius 2 is 1.71 bits per heavy atom. The monoisotopic (exact) mass is 319 g/mol. The first-order valence-corrected chi connectivity index (χ1v) is 7.79. The lowest BCUT2D eigenvalue weighted by Crippen LogP contribution is -2.49. The Morgan fingerprint density at radius 1 is 1.04 bits per heavy atom. The number of non-ortho nitro benzene ring substituents is 1. The van der Waals surface area contributed by atoms with Gasteiger partial charge >= 0.3 is 0 Å². The van der Waals surface area contributed by atoms with E-state index in [4.69, 9.17) is 0 Å². The first-order valence-electron chi connectivity index (χ1n) is 7.79. The molecule has 24 heavy (non-hydrogen) atoms. The quantitative estimate of drug-likeness (QED) is 0.559. The zero-order chi connectivity index (χ0) is 16.9. The third-order valence-electron chi connectivity index (χ3n) is 4.93.